The van der Waals surface area contributed by atoms with Crippen LogP contribution in [0.3, 0.4) is 0 Å². The number of anilines is 1. The first-order valence-corrected chi connectivity index (χ1v) is 7.82. The molecular formula is C14H11ClN2O3S. The van der Waals surface area contributed by atoms with Crippen molar-refractivity contribution in [1.29, 1.82) is 0 Å². The minimum Gasteiger partial charge on any atom is -0.454 e. The summed E-state index contributed by atoms with van der Waals surface area (Å²) in [6, 6.07) is 3.19. The van der Waals surface area contributed by atoms with E-state index in [0.29, 0.717) is 33.1 Å². The lowest BCUT2D eigenvalue weighted by atomic mass is 10.2. The van der Waals surface area contributed by atoms with Gasteiger partial charge in [0.15, 0.2) is 16.6 Å². The number of thiazole rings is 1. The second-order valence-corrected chi connectivity index (χ2v) is 6.26. The van der Waals surface area contributed by atoms with Gasteiger partial charge in [0.1, 0.15) is 0 Å². The highest BCUT2D eigenvalue weighted by Gasteiger charge is 2.26. The van der Waals surface area contributed by atoms with Crippen LogP contribution in [0.4, 0.5) is 5.13 Å². The normalized spacial score (nSPS) is 16.0. The molecule has 1 amide bonds. The molecule has 4 rings (SSSR count). The molecule has 7 heteroatoms. The van der Waals surface area contributed by atoms with Crippen LogP contribution in [0.2, 0.25) is 5.02 Å². The Morgan fingerprint density at radius 2 is 2.24 bits per heavy atom. The summed E-state index contributed by atoms with van der Waals surface area (Å²) in [5.74, 6) is 1.29. The molecular weight excluding hydrogens is 312 g/mol. The number of rotatable bonds is 3. The number of fused-ring (bicyclic) bond motifs is 1. The number of carbonyl (C=O) groups is 1. The third-order valence-electron chi connectivity index (χ3n) is 3.43. The molecule has 0 saturated heterocycles. The van der Waals surface area contributed by atoms with Gasteiger partial charge in [-0.2, -0.15) is 0 Å². The van der Waals surface area contributed by atoms with E-state index in [2.05, 4.69) is 10.3 Å². The fraction of sp³-hybridized carbons (Fsp3) is 0.286. The fourth-order valence-electron chi connectivity index (χ4n) is 2.18. The monoisotopic (exact) mass is 322 g/mol. The van der Waals surface area contributed by atoms with Gasteiger partial charge in [-0.1, -0.05) is 11.6 Å². The zero-order valence-corrected chi connectivity index (χ0v) is 12.5. The first-order chi connectivity index (χ1) is 10.2. The Hall–Kier alpha value is -1.79. The molecule has 1 aromatic carbocycles. The van der Waals surface area contributed by atoms with Crippen LogP contribution >= 0.6 is 22.9 Å². The van der Waals surface area contributed by atoms with Crippen molar-refractivity contribution in [2.45, 2.75) is 18.8 Å². The summed E-state index contributed by atoms with van der Waals surface area (Å²) in [6.45, 7) is 0.122. The molecule has 1 fully saturated rings. The van der Waals surface area contributed by atoms with Gasteiger partial charge < -0.3 is 9.47 Å². The third kappa shape index (κ3) is 2.45. The maximum absolute atomic E-state index is 12.3. The molecule has 1 N–H and O–H groups in total. The molecule has 2 aromatic rings. The molecule has 1 saturated carbocycles. The summed E-state index contributed by atoms with van der Waals surface area (Å²) >= 11 is 7.52. The van der Waals surface area contributed by atoms with Gasteiger partial charge in [-0.15, -0.1) is 11.3 Å². The molecule has 1 aliphatic heterocycles. The Labute approximate surface area is 129 Å². The molecule has 0 bridgehead atoms. The number of amides is 1. The number of ether oxygens (including phenoxy) is 2. The number of aromatic nitrogens is 1. The van der Waals surface area contributed by atoms with Crippen LogP contribution in [-0.2, 0) is 0 Å². The van der Waals surface area contributed by atoms with Gasteiger partial charge in [0, 0.05) is 16.9 Å². The van der Waals surface area contributed by atoms with E-state index in [1.165, 1.54) is 24.2 Å². The fourth-order valence-corrected chi connectivity index (χ4v) is 3.23. The molecule has 21 heavy (non-hydrogen) atoms. The van der Waals surface area contributed by atoms with E-state index in [1.807, 2.05) is 5.38 Å². The second-order valence-electron chi connectivity index (χ2n) is 5.00. The van der Waals surface area contributed by atoms with Gasteiger partial charge in [-0.3, -0.25) is 10.1 Å². The van der Waals surface area contributed by atoms with Crippen molar-refractivity contribution in [3.63, 3.8) is 0 Å². The number of benzene rings is 1. The Morgan fingerprint density at radius 3 is 3.05 bits per heavy atom. The van der Waals surface area contributed by atoms with Gasteiger partial charge in [0.05, 0.1) is 10.7 Å². The van der Waals surface area contributed by atoms with E-state index in [-0.39, 0.29) is 12.7 Å². The van der Waals surface area contributed by atoms with E-state index in [1.54, 1.807) is 12.1 Å². The quantitative estimate of drug-likeness (QED) is 0.937. The lowest BCUT2D eigenvalue weighted by molar-refractivity contribution is 0.102. The van der Waals surface area contributed by atoms with Crippen molar-refractivity contribution < 1.29 is 14.3 Å². The van der Waals surface area contributed by atoms with Crippen molar-refractivity contribution in [3.05, 3.63) is 33.8 Å². The lowest BCUT2D eigenvalue weighted by Crippen LogP contribution is -2.11. The van der Waals surface area contributed by atoms with E-state index in [9.17, 15) is 4.79 Å². The summed E-state index contributed by atoms with van der Waals surface area (Å²) in [5.41, 5.74) is 1.49. The van der Waals surface area contributed by atoms with Gasteiger partial charge in [0.25, 0.3) is 5.91 Å². The average Bonchev–Trinajstić information content (AvgIpc) is 3.02. The summed E-state index contributed by atoms with van der Waals surface area (Å²) in [6.07, 6.45) is 2.38. The van der Waals surface area contributed by atoms with E-state index < -0.39 is 0 Å². The number of nitrogens with one attached hydrogen (secondary N) is 1. The van der Waals surface area contributed by atoms with Crippen molar-refractivity contribution >= 4 is 34.0 Å². The third-order valence-corrected chi connectivity index (χ3v) is 4.48. The van der Waals surface area contributed by atoms with Crippen LogP contribution < -0.4 is 14.8 Å². The summed E-state index contributed by atoms with van der Waals surface area (Å²) < 4.78 is 10.5. The Bertz CT molecular complexity index is 727. The molecule has 1 aromatic heterocycles. The summed E-state index contributed by atoms with van der Waals surface area (Å²) in [4.78, 5) is 16.7. The molecule has 5 nitrogen and oxygen atoms in total. The van der Waals surface area contributed by atoms with Crippen LogP contribution in [0.1, 0.15) is 34.8 Å². The van der Waals surface area contributed by atoms with E-state index >= 15 is 0 Å². The standard InChI is InChI=1S/C14H11ClN2O3S/c15-9-3-8(4-11-12(9)20-6-19-11)13(18)17-14-16-10(5-21-14)7-1-2-7/h3-5,7H,1-2,6H2,(H,16,17,18). The maximum atomic E-state index is 12.3. The topological polar surface area (TPSA) is 60.5 Å². The van der Waals surface area contributed by atoms with E-state index in [0.717, 1.165) is 5.69 Å². The number of halogens is 1. The number of hydrogen-bond acceptors (Lipinski definition) is 5. The molecule has 0 radical (unpaired) electrons. The van der Waals surface area contributed by atoms with Crippen LogP contribution in [0, 0.1) is 0 Å². The number of carbonyl (C=O) groups excluding carboxylic acids is 1. The molecule has 0 unspecified atom stereocenters. The first-order valence-electron chi connectivity index (χ1n) is 6.56. The largest absolute Gasteiger partial charge is 0.454 e. The second kappa shape index (κ2) is 4.89. The number of nitrogens with zero attached hydrogens (tertiary/aromatic N) is 1. The SMILES string of the molecule is O=C(Nc1nc(C2CC2)cs1)c1cc(Cl)c2c(c1)OCO2. The molecule has 1 aliphatic carbocycles. The molecule has 0 spiro atoms. The van der Waals surface area contributed by atoms with Crippen LogP contribution in [-0.4, -0.2) is 17.7 Å². The van der Waals surface area contributed by atoms with Gasteiger partial charge >= 0.3 is 0 Å². The molecule has 2 heterocycles. The highest BCUT2D eigenvalue weighted by Crippen LogP contribution is 2.41. The molecule has 108 valence electrons. The Balaban J connectivity index is 1.55. The first kappa shape index (κ1) is 12.9. The van der Waals surface area contributed by atoms with Crippen LogP contribution in [0.25, 0.3) is 0 Å². The smallest absolute Gasteiger partial charge is 0.257 e. The molecule has 2 aliphatic rings. The van der Waals surface area contributed by atoms with Gasteiger partial charge in [-0.25, -0.2) is 4.98 Å². The summed E-state index contributed by atoms with van der Waals surface area (Å²) in [7, 11) is 0. The highest BCUT2D eigenvalue weighted by atomic mass is 35.5. The van der Waals surface area contributed by atoms with E-state index in [4.69, 9.17) is 21.1 Å². The Kier molecular flexibility index (Phi) is 3.01. The van der Waals surface area contributed by atoms with Crippen molar-refractivity contribution in [2.75, 3.05) is 12.1 Å². The van der Waals surface area contributed by atoms with Crippen molar-refractivity contribution in [3.8, 4) is 11.5 Å². The number of hydrogen-bond donors (Lipinski definition) is 1. The average molecular weight is 323 g/mol. The minimum absolute atomic E-state index is 0.122. The van der Waals surface area contributed by atoms with Crippen LogP contribution in [0.5, 0.6) is 11.5 Å². The van der Waals surface area contributed by atoms with Crippen LogP contribution in [0.15, 0.2) is 17.5 Å². The van der Waals surface area contributed by atoms with Crippen molar-refractivity contribution in [2.24, 2.45) is 0 Å². The zero-order valence-electron chi connectivity index (χ0n) is 10.9. The minimum atomic E-state index is -0.258. The maximum Gasteiger partial charge on any atom is 0.257 e. The molecule has 0 atom stereocenters. The van der Waals surface area contributed by atoms with Crippen molar-refractivity contribution in [1.82, 2.24) is 4.98 Å². The zero-order chi connectivity index (χ0) is 14.4. The highest BCUT2D eigenvalue weighted by molar-refractivity contribution is 7.14. The predicted molar refractivity (Wildman–Crippen MR) is 79.6 cm³/mol. The Morgan fingerprint density at radius 1 is 1.38 bits per heavy atom. The predicted octanol–water partition coefficient (Wildman–Crippen LogP) is 3.65. The van der Waals surface area contributed by atoms with Gasteiger partial charge in [-0.05, 0) is 25.0 Å². The van der Waals surface area contributed by atoms with Gasteiger partial charge in [0.2, 0.25) is 6.79 Å². The summed E-state index contributed by atoms with van der Waals surface area (Å²) in [5, 5.41) is 5.77. The lowest BCUT2D eigenvalue weighted by Gasteiger charge is -2.04.